The average Bonchev–Trinajstić information content (AvgIpc) is 2.75. The first-order chi connectivity index (χ1) is 7.68. The highest BCUT2D eigenvalue weighted by molar-refractivity contribution is 9.09. The molecule has 0 aliphatic rings. The fourth-order valence-electron chi connectivity index (χ4n) is 1.31. The Kier molecular flexibility index (Phi) is 5.36. The van der Waals surface area contributed by atoms with Crippen molar-refractivity contribution < 1.29 is 4.79 Å². The summed E-state index contributed by atoms with van der Waals surface area (Å²) in [4.78, 5) is 15.4. The molecule has 3 nitrogen and oxygen atoms in total. The van der Waals surface area contributed by atoms with E-state index in [1.54, 1.807) is 22.9 Å². The monoisotopic (exact) mass is 378 g/mol. The third-order valence-electron chi connectivity index (χ3n) is 2.11. The summed E-state index contributed by atoms with van der Waals surface area (Å²) in [5.74, 6) is -0.0327. The summed E-state index contributed by atoms with van der Waals surface area (Å²) < 4.78 is 1.62. The van der Waals surface area contributed by atoms with Gasteiger partial charge in [-0.1, -0.05) is 57.9 Å². The van der Waals surface area contributed by atoms with Crippen molar-refractivity contribution in [3.05, 3.63) is 53.6 Å². The molecular weight excluding hydrogens is 371 g/mol. The van der Waals surface area contributed by atoms with Crippen LogP contribution in [0, 0.1) is 0 Å². The van der Waals surface area contributed by atoms with Gasteiger partial charge in [0.2, 0.25) is 0 Å². The van der Waals surface area contributed by atoms with Crippen molar-refractivity contribution in [2.75, 3.05) is 0 Å². The van der Waals surface area contributed by atoms with Gasteiger partial charge in [0.1, 0.15) is 5.15 Å². The van der Waals surface area contributed by atoms with E-state index in [-0.39, 0.29) is 22.8 Å². The fraction of sp³-hybridized carbons (Fsp3) is 0.0909. The zero-order valence-corrected chi connectivity index (χ0v) is 12.6. The molecule has 0 saturated carbocycles. The Labute approximate surface area is 123 Å². The van der Waals surface area contributed by atoms with E-state index in [1.807, 2.05) is 18.2 Å². The van der Waals surface area contributed by atoms with Gasteiger partial charge >= 0.3 is 0 Å². The third-order valence-corrected chi connectivity index (χ3v) is 3.19. The molecule has 0 bridgehead atoms. The number of benzene rings is 1. The standard InChI is InChI=1S/C11H8BrClN2O.BrH/c12-11(15-6-9(13)14-7-15)10(16)8-4-2-1-3-5-8;/h1-7,11H;1H. The van der Waals surface area contributed by atoms with Gasteiger partial charge in [-0.25, -0.2) is 4.98 Å². The van der Waals surface area contributed by atoms with Crippen LogP contribution in [-0.2, 0) is 0 Å². The summed E-state index contributed by atoms with van der Waals surface area (Å²) in [7, 11) is 0. The summed E-state index contributed by atoms with van der Waals surface area (Å²) in [6, 6.07) is 9.07. The van der Waals surface area contributed by atoms with E-state index >= 15 is 0 Å². The van der Waals surface area contributed by atoms with Crippen molar-refractivity contribution in [3.8, 4) is 0 Å². The molecule has 0 spiro atoms. The van der Waals surface area contributed by atoms with E-state index in [4.69, 9.17) is 11.6 Å². The number of nitrogens with zero attached hydrogens (tertiary/aromatic N) is 2. The first-order valence-corrected chi connectivity index (χ1v) is 5.90. The van der Waals surface area contributed by atoms with E-state index in [9.17, 15) is 4.79 Å². The lowest BCUT2D eigenvalue weighted by molar-refractivity contribution is 0.0970. The highest BCUT2D eigenvalue weighted by Crippen LogP contribution is 2.22. The van der Waals surface area contributed by atoms with Gasteiger partial charge in [-0.3, -0.25) is 4.79 Å². The van der Waals surface area contributed by atoms with E-state index in [0.29, 0.717) is 10.7 Å². The molecule has 0 aliphatic carbocycles. The lowest BCUT2D eigenvalue weighted by Crippen LogP contribution is -2.12. The molecule has 1 heterocycles. The molecule has 1 aromatic heterocycles. The van der Waals surface area contributed by atoms with Crippen LogP contribution in [0.2, 0.25) is 5.15 Å². The minimum absolute atomic E-state index is 0. The van der Waals surface area contributed by atoms with Crippen molar-refractivity contribution in [2.45, 2.75) is 4.95 Å². The van der Waals surface area contributed by atoms with Gasteiger partial charge in [-0.2, -0.15) is 0 Å². The van der Waals surface area contributed by atoms with Gasteiger partial charge in [0.15, 0.2) is 10.7 Å². The van der Waals surface area contributed by atoms with Crippen molar-refractivity contribution in [1.29, 1.82) is 0 Å². The Hall–Kier alpha value is -0.650. The van der Waals surface area contributed by atoms with Crippen molar-refractivity contribution in [1.82, 2.24) is 9.55 Å². The molecule has 0 amide bonds. The molecule has 1 aromatic carbocycles. The normalized spacial score (nSPS) is 11.6. The quantitative estimate of drug-likeness (QED) is 0.598. The summed E-state index contributed by atoms with van der Waals surface area (Å²) in [6.07, 6.45) is 3.12. The van der Waals surface area contributed by atoms with Crippen LogP contribution in [0.5, 0.6) is 0 Å². The first-order valence-electron chi connectivity index (χ1n) is 4.61. The number of ketones is 1. The molecule has 0 N–H and O–H groups in total. The first kappa shape index (κ1) is 14.4. The highest BCUT2D eigenvalue weighted by Gasteiger charge is 2.18. The van der Waals surface area contributed by atoms with Crippen LogP contribution < -0.4 is 0 Å². The minimum Gasteiger partial charge on any atom is -0.315 e. The van der Waals surface area contributed by atoms with Crippen LogP contribution in [-0.4, -0.2) is 15.3 Å². The lowest BCUT2D eigenvalue weighted by Gasteiger charge is -2.09. The molecule has 90 valence electrons. The zero-order valence-electron chi connectivity index (χ0n) is 8.59. The Morgan fingerprint density at radius 2 is 2.00 bits per heavy atom. The number of hydrogen-bond acceptors (Lipinski definition) is 2. The Morgan fingerprint density at radius 3 is 2.53 bits per heavy atom. The second-order valence-corrected chi connectivity index (χ2v) is 4.46. The number of alkyl halides is 1. The predicted molar refractivity (Wildman–Crippen MR) is 76.3 cm³/mol. The summed E-state index contributed by atoms with van der Waals surface area (Å²) in [6.45, 7) is 0. The predicted octanol–water partition coefficient (Wildman–Crippen LogP) is 3.89. The second-order valence-electron chi connectivity index (χ2n) is 3.21. The fourth-order valence-corrected chi connectivity index (χ4v) is 1.96. The van der Waals surface area contributed by atoms with Crippen LogP contribution in [0.3, 0.4) is 0 Å². The smallest absolute Gasteiger partial charge is 0.196 e. The third kappa shape index (κ3) is 3.40. The van der Waals surface area contributed by atoms with E-state index < -0.39 is 4.95 Å². The van der Waals surface area contributed by atoms with Crippen LogP contribution in [0.15, 0.2) is 42.9 Å². The molecule has 0 saturated heterocycles. The van der Waals surface area contributed by atoms with Gasteiger partial charge in [-0.05, 0) is 0 Å². The molecule has 0 fully saturated rings. The maximum absolute atomic E-state index is 12.0. The number of Topliss-reactive ketones (excluding diaryl/α,β-unsaturated/α-hetero) is 1. The number of imidazole rings is 1. The molecule has 1 unspecified atom stereocenters. The number of aromatic nitrogens is 2. The van der Waals surface area contributed by atoms with E-state index in [2.05, 4.69) is 20.9 Å². The number of carbonyl (C=O) groups is 1. The van der Waals surface area contributed by atoms with Gasteiger partial charge in [0.05, 0.1) is 6.33 Å². The summed E-state index contributed by atoms with van der Waals surface area (Å²) >= 11 is 9.01. The van der Waals surface area contributed by atoms with Gasteiger partial charge < -0.3 is 4.57 Å². The molecule has 2 aromatic rings. The molecule has 6 heteroatoms. The number of carbonyl (C=O) groups excluding carboxylic acids is 1. The maximum atomic E-state index is 12.0. The largest absolute Gasteiger partial charge is 0.315 e. The van der Waals surface area contributed by atoms with Crippen molar-refractivity contribution >= 4 is 50.3 Å². The van der Waals surface area contributed by atoms with E-state index in [0.717, 1.165) is 0 Å². The number of hydrogen-bond donors (Lipinski definition) is 0. The highest BCUT2D eigenvalue weighted by atomic mass is 79.9. The Morgan fingerprint density at radius 1 is 1.35 bits per heavy atom. The van der Waals surface area contributed by atoms with Crippen molar-refractivity contribution in [3.63, 3.8) is 0 Å². The van der Waals surface area contributed by atoms with Crippen LogP contribution in [0.25, 0.3) is 0 Å². The molecule has 17 heavy (non-hydrogen) atoms. The summed E-state index contributed by atoms with van der Waals surface area (Å²) in [5.41, 5.74) is 0.647. The van der Waals surface area contributed by atoms with E-state index in [1.165, 1.54) is 6.33 Å². The van der Waals surface area contributed by atoms with Gasteiger partial charge in [0.25, 0.3) is 0 Å². The number of rotatable bonds is 3. The lowest BCUT2D eigenvalue weighted by atomic mass is 10.1. The molecule has 0 radical (unpaired) electrons. The Balaban J connectivity index is 0.00000144. The van der Waals surface area contributed by atoms with Crippen molar-refractivity contribution in [2.24, 2.45) is 0 Å². The zero-order chi connectivity index (χ0) is 11.5. The SMILES string of the molecule is Br.O=C(c1ccccc1)C(Br)n1cnc(Cl)c1. The topological polar surface area (TPSA) is 34.9 Å². The number of halogens is 3. The maximum Gasteiger partial charge on any atom is 0.196 e. The minimum atomic E-state index is -0.477. The van der Waals surface area contributed by atoms with Crippen LogP contribution in [0.1, 0.15) is 15.3 Å². The van der Waals surface area contributed by atoms with Gasteiger partial charge in [-0.15, -0.1) is 17.0 Å². The van der Waals surface area contributed by atoms with Gasteiger partial charge in [0, 0.05) is 11.8 Å². The molecular formula is C11H9Br2ClN2O. The second kappa shape index (κ2) is 6.33. The molecule has 0 aliphatic heterocycles. The average molecular weight is 380 g/mol. The molecule has 1 atom stereocenters. The molecule has 2 rings (SSSR count). The van der Waals surface area contributed by atoms with Crippen LogP contribution in [0.4, 0.5) is 0 Å². The summed E-state index contributed by atoms with van der Waals surface area (Å²) in [5, 5.41) is 0.366. The Bertz CT molecular complexity index is 501. The van der Waals surface area contributed by atoms with Crippen LogP contribution >= 0.6 is 44.5 Å².